The number of carboxylic acid groups (broad SMARTS) is 1. The summed E-state index contributed by atoms with van der Waals surface area (Å²) in [6.45, 7) is 0. The molecule has 0 radical (unpaired) electrons. The lowest BCUT2D eigenvalue weighted by molar-refractivity contribution is 0.0698. The summed E-state index contributed by atoms with van der Waals surface area (Å²) in [4.78, 5) is 22.1. The summed E-state index contributed by atoms with van der Waals surface area (Å²) < 4.78 is 13.3. The maximum absolute atomic E-state index is 13.3. The first-order valence-electron chi connectivity index (χ1n) is 5.03. The molecule has 6 nitrogen and oxygen atoms in total. The number of carboxylic acids is 1. The van der Waals surface area contributed by atoms with Crippen molar-refractivity contribution in [2.45, 2.75) is 0 Å². The zero-order valence-electron chi connectivity index (χ0n) is 9.38. The van der Waals surface area contributed by atoms with Crippen LogP contribution in [0, 0.1) is 6.08 Å². The third-order valence-electron chi connectivity index (χ3n) is 2.24. The van der Waals surface area contributed by atoms with Gasteiger partial charge in [0, 0.05) is 13.2 Å². The molecule has 0 fully saturated rings. The van der Waals surface area contributed by atoms with Crippen molar-refractivity contribution in [2.24, 2.45) is 0 Å². The van der Waals surface area contributed by atoms with Gasteiger partial charge in [-0.2, -0.15) is 14.4 Å². The van der Waals surface area contributed by atoms with Gasteiger partial charge in [-0.1, -0.05) is 6.07 Å². The normalized spacial score (nSPS) is 10.1. The van der Waals surface area contributed by atoms with Crippen molar-refractivity contribution < 1.29 is 14.3 Å². The van der Waals surface area contributed by atoms with Crippen LogP contribution in [-0.4, -0.2) is 33.1 Å². The van der Waals surface area contributed by atoms with Gasteiger partial charge in [0.15, 0.2) is 0 Å². The standard InChI is InChI=1S/C11H9FN4O2/c1-13-9-7(10(17)18)8(15-11(12)16-9)6-4-2-3-5-14-6/h2-5H,1H3,(H,17,18)(H,13,15,16). The van der Waals surface area contributed by atoms with Crippen molar-refractivity contribution in [1.82, 2.24) is 15.0 Å². The lowest BCUT2D eigenvalue weighted by atomic mass is 10.1. The summed E-state index contributed by atoms with van der Waals surface area (Å²) >= 11 is 0. The summed E-state index contributed by atoms with van der Waals surface area (Å²) in [6, 6.07) is 4.88. The number of hydrogen-bond donors (Lipinski definition) is 2. The van der Waals surface area contributed by atoms with E-state index in [9.17, 15) is 9.18 Å². The van der Waals surface area contributed by atoms with Crippen LogP contribution in [0.5, 0.6) is 0 Å². The van der Waals surface area contributed by atoms with E-state index in [0.29, 0.717) is 0 Å². The topological polar surface area (TPSA) is 88.0 Å². The van der Waals surface area contributed by atoms with Crippen molar-refractivity contribution in [2.75, 3.05) is 12.4 Å². The van der Waals surface area contributed by atoms with Gasteiger partial charge in [0.1, 0.15) is 17.1 Å². The second-order valence-corrected chi connectivity index (χ2v) is 3.33. The largest absolute Gasteiger partial charge is 0.477 e. The van der Waals surface area contributed by atoms with Crippen molar-refractivity contribution in [3.05, 3.63) is 36.0 Å². The van der Waals surface area contributed by atoms with Gasteiger partial charge in [-0.05, 0) is 12.1 Å². The molecule has 92 valence electrons. The molecule has 2 aromatic heterocycles. The highest BCUT2D eigenvalue weighted by Gasteiger charge is 2.21. The Bertz CT molecular complexity index is 589. The number of pyridine rings is 1. The Morgan fingerprint density at radius 1 is 1.39 bits per heavy atom. The molecule has 0 amide bonds. The fraction of sp³-hybridized carbons (Fsp3) is 0.0909. The van der Waals surface area contributed by atoms with Crippen molar-refractivity contribution >= 4 is 11.8 Å². The van der Waals surface area contributed by atoms with E-state index in [-0.39, 0.29) is 22.8 Å². The van der Waals surface area contributed by atoms with Crippen LogP contribution < -0.4 is 5.32 Å². The fourth-order valence-corrected chi connectivity index (χ4v) is 1.51. The van der Waals surface area contributed by atoms with Crippen molar-refractivity contribution in [1.29, 1.82) is 0 Å². The van der Waals surface area contributed by atoms with E-state index in [4.69, 9.17) is 5.11 Å². The van der Waals surface area contributed by atoms with Gasteiger partial charge >= 0.3 is 12.0 Å². The van der Waals surface area contributed by atoms with E-state index in [1.807, 2.05) is 0 Å². The number of anilines is 1. The maximum atomic E-state index is 13.3. The van der Waals surface area contributed by atoms with E-state index in [2.05, 4.69) is 20.3 Å². The van der Waals surface area contributed by atoms with Crippen LogP contribution in [0.4, 0.5) is 10.2 Å². The van der Waals surface area contributed by atoms with E-state index >= 15 is 0 Å². The number of aromatic nitrogens is 3. The fourth-order valence-electron chi connectivity index (χ4n) is 1.51. The van der Waals surface area contributed by atoms with Gasteiger partial charge in [-0.3, -0.25) is 4.98 Å². The van der Waals surface area contributed by atoms with Crippen LogP contribution in [0.3, 0.4) is 0 Å². The van der Waals surface area contributed by atoms with E-state index in [0.717, 1.165) is 0 Å². The molecule has 2 N–H and O–H groups in total. The number of nitrogens with one attached hydrogen (secondary N) is 1. The predicted molar refractivity (Wildman–Crippen MR) is 61.7 cm³/mol. The van der Waals surface area contributed by atoms with Gasteiger partial charge in [0.2, 0.25) is 0 Å². The van der Waals surface area contributed by atoms with Gasteiger partial charge in [0.05, 0.1) is 5.69 Å². The number of aromatic carboxylic acids is 1. The predicted octanol–water partition coefficient (Wildman–Crippen LogP) is 1.42. The Kier molecular flexibility index (Phi) is 3.13. The quantitative estimate of drug-likeness (QED) is 0.798. The number of halogens is 1. The molecule has 7 heteroatoms. The molecule has 0 unspecified atom stereocenters. The molecular formula is C11H9FN4O2. The average Bonchev–Trinajstić information content (AvgIpc) is 2.38. The SMILES string of the molecule is CNc1nc(F)nc(-c2ccccn2)c1C(=O)O. The minimum atomic E-state index is -1.25. The summed E-state index contributed by atoms with van der Waals surface area (Å²) in [6.07, 6.45) is 0.463. The second kappa shape index (κ2) is 4.74. The molecule has 2 rings (SSSR count). The van der Waals surface area contributed by atoms with Gasteiger partial charge in [-0.25, -0.2) is 4.79 Å². The Hall–Kier alpha value is -2.57. The molecule has 0 saturated carbocycles. The molecule has 2 heterocycles. The number of carbonyl (C=O) groups is 1. The molecular weight excluding hydrogens is 239 g/mol. The van der Waals surface area contributed by atoms with Gasteiger partial charge < -0.3 is 10.4 Å². The Balaban J connectivity index is 2.73. The molecule has 0 bridgehead atoms. The smallest absolute Gasteiger partial charge is 0.341 e. The van der Waals surface area contributed by atoms with Crippen molar-refractivity contribution in [3.8, 4) is 11.4 Å². The molecule has 0 aliphatic carbocycles. The highest BCUT2D eigenvalue weighted by atomic mass is 19.1. The minimum absolute atomic E-state index is 0.0556. The number of hydrogen-bond acceptors (Lipinski definition) is 5. The van der Waals surface area contributed by atoms with Crippen LogP contribution >= 0.6 is 0 Å². The van der Waals surface area contributed by atoms with Crippen LogP contribution in [0.1, 0.15) is 10.4 Å². The molecule has 0 aliphatic heterocycles. The van der Waals surface area contributed by atoms with Crippen LogP contribution in [0.2, 0.25) is 0 Å². The summed E-state index contributed by atoms with van der Waals surface area (Å²) in [5.74, 6) is -1.34. The molecule has 0 spiro atoms. The van der Waals surface area contributed by atoms with Gasteiger partial charge in [0.25, 0.3) is 0 Å². The highest BCUT2D eigenvalue weighted by Crippen LogP contribution is 2.24. The Labute approximate surface area is 102 Å². The van der Waals surface area contributed by atoms with Gasteiger partial charge in [-0.15, -0.1) is 0 Å². The monoisotopic (exact) mass is 248 g/mol. The summed E-state index contributed by atoms with van der Waals surface area (Å²) in [5.41, 5.74) is 0.00486. The molecule has 18 heavy (non-hydrogen) atoms. The number of nitrogens with zero attached hydrogens (tertiary/aromatic N) is 3. The van der Waals surface area contributed by atoms with Crippen LogP contribution in [-0.2, 0) is 0 Å². The molecule has 0 saturated heterocycles. The van der Waals surface area contributed by atoms with Crippen LogP contribution in [0.25, 0.3) is 11.4 Å². The summed E-state index contributed by atoms with van der Waals surface area (Å²) in [5, 5.41) is 11.7. The maximum Gasteiger partial charge on any atom is 0.341 e. The Morgan fingerprint density at radius 3 is 2.72 bits per heavy atom. The first-order valence-corrected chi connectivity index (χ1v) is 5.03. The zero-order chi connectivity index (χ0) is 13.1. The lowest BCUT2D eigenvalue weighted by Gasteiger charge is -2.08. The summed E-state index contributed by atoms with van der Waals surface area (Å²) in [7, 11) is 1.45. The van der Waals surface area contributed by atoms with Crippen molar-refractivity contribution in [3.63, 3.8) is 0 Å². The first-order chi connectivity index (χ1) is 8.63. The first kappa shape index (κ1) is 11.9. The third kappa shape index (κ3) is 2.10. The van der Waals surface area contributed by atoms with E-state index in [1.54, 1.807) is 18.2 Å². The molecule has 0 aromatic carbocycles. The second-order valence-electron chi connectivity index (χ2n) is 3.33. The molecule has 2 aromatic rings. The van der Waals surface area contributed by atoms with E-state index < -0.39 is 12.0 Å². The number of rotatable bonds is 3. The third-order valence-corrected chi connectivity index (χ3v) is 2.24. The molecule has 0 atom stereocenters. The highest BCUT2D eigenvalue weighted by molar-refractivity contribution is 5.99. The Morgan fingerprint density at radius 2 is 2.17 bits per heavy atom. The zero-order valence-corrected chi connectivity index (χ0v) is 9.38. The lowest BCUT2D eigenvalue weighted by Crippen LogP contribution is -2.11. The minimum Gasteiger partial charge on any atom is -0.477 e. The average molecular weight is 248 g/mol. The molecule has 0 aliphatic rings. The van der Waals surface area contributed by atoms with Crippen LogP contribution in [0.15, 0.2) is 24.4 Å². The van der Waals surface area contributed by atoms with E-state index in [1.165, 1.54) is 13.2 Å².